The predicted molar refractivity (Wildman–Crippen MR) is 77.6 cm³/mol. The minimum atomic E-state index is 0.847. The summed E-state index contributed by atoms with van der Waals surface area (Å²) in [5.74, 6) is 0.906. The lowest BCUT2D eigenvalue weighted by molar-refractivity contribution is 0.981. The van der Waals surface area contributed by atoms with Gasteiger partial charge in [0, 0.05) is 42.3 Å². The van der Waals surface area contributed by atoms with E-state index in [1.807, 2.05) is 12.3 Å². The number of hydrogen-bond acceptors (Lipinski definition) is 5. The third-order valence-electron chi connectivity index (χ3n) is 2.99. The molecule has 0 bridgehead atoms. The Balaban J connectivity index is 1.63. The maximum atomic E-state index is 4.39. The Morgan fingerprint density at radius 1 is 1.42 bits per heavy atom. The highest BCUT2D eigenvalue weighted by Crippen LogP contribution is 2.17. The molecule has 0 spiro atoms. The molecule has 0 amide bonds. The number of hydrogen-bond donors (Lipinski definition) is 2. The van der Waals surface area contributed by atoms with E-state index in [0.29, 0.717) is 0 Å². The normalized spacial score (nSPS) is 11.0. The molecule has 0 aromatic carbocycles. The summed E-state index contributed by atoms with van der Waals surface area (Å²) >= 11 is 1.42. The minimum Gasteiger partial charge on any atom is -0.360 e. The molecule has 3 aromatic heterocycles. The van der Waals surface area contributed by atoms with Crippen LogP contribution in [-0.2, 0) is 12.8 Å². The van der Waals surface area contributed by atoms with E-state index in [4.69, 9.17) is 0 Å². The quantitative estimate of drug-likeness (QED) is 0.750. The number of nitrogens with one attached hydrogen (secondary N) is 2. The first-order valence-electron chi connectivity index (χ1n) is 6.34. The van der Waals surface area contributed by atoms with Crippen LogP contribution in [0, 0.1) is 0 Å². The van der Waals surface area contributed by atoms with Gasteiger partial charge >= 0.3 is 0 Å². The highest BCUT2D eigenvalue weighted by molar-refractivity contribution is 7.09. The molecule has 0 unspecified atom stereocenters. The van der Waals surface area contributed by atoms with Crippen LogP contribution in [0.5, 0.6) is 0 Å². The van der Waals surface area contributed by atoms with Crippen molar-refractivity contribution in [2.45, 2.75) is 19.8 Å². The molecule has 3 heterocycles. The van der Waals surface area contributed by atoms with Gasteiger partial charge in [-0.2, -0.15) is 4.37 Å². The molecule has 3 rings (SSSR count). The molecule has 98 valence electrons. The number of aromatic amines is 1. The zero-order chi connectivity index (χ0) is 13.1. The van der Waals surface area contributed by atoms with Crippen molar-refractivity contribution >= 4 is 27.7 Å². The summed E-state index contributed by atoms with van der Waals surface area (Å²) in [7, 11) is 0. The lowest BCUT2D eigenvalue weighted by atomic mass is 10.1. The van der Waals surface area contributed by atoms with Crippen molar-refractivity contribution in [2.75, 3.05) is 11.9 Å². The molecule has 6 heteroatoms. The summed E-state index contributed by atoms with van der Waals surface area (Å²) in [6, 6.07) is 4.06. The van der Waals surface area contributed by atoms with Crippen molar-refractivity contribution in [1.29, 1.82) is 0 Å². The van der Waals surface area contributed by atoms with E-state index in [0.717, 1.165) is 36.0 Å². The molecule has 2 N–H and O–H groups in total. The Kier molecular flexibility index (Phi) is 3.41. The summed E-state index contributed by atoms with van der Waals surface area (Å²) in [6.45, 7) is 2.91. The number of anilines is 1. The van der Waals surface area contributed by atoms with E-state index in [2.05, 4.69) is 37.6 Å². The third-order valence-corrected chi connectivity index (χ3v) is 3.70. The van der Waals surface area contributed by atoms with E-state index >= 15 is 0 Å². The summed E-state index contributed by atoms with van der Waals surface area (Å²) in [5, 5.41) is 5.40. The van der Waals surface area contributed by atoms with Crippen molar-refractivity contribution in [3.05, 3.63) is 35.9 Å². The van der Waals surface area contributed by atoms with Gasteiger partial charge in [-0.3, -0.25) is 0 Å². The Hall–Kier alpha value is -1.95. The van der Waals surface area contributed by atoms with Crippen LogP contribution in [0.15, 0.2) is 24.5 Å². The highest BCUT2D eigenvalue weighted by atomic mass is 32.1. The molecule has 3 aromatic rings. The lowest BCUT2D eigenvalue weighted by Crippen LogP contribution is -2.04. The second-order valence-corrected chi connectivity index (χ2v) is 5.01. The van der Waals surface area contributed by atoms with Gasteiger partial charge in [-0.15, -0.1) is 0 Å². The molecule has 0 saturated heterocycles. The van der Waals surface area contributed by atoms with Gasteiger partial charge in [0.1, 0.15) is 11.5 Å². The number of rotatable bonds is 5. The van der Waals surface area contributed by atoms with E-state index in [1.54, 1.807) is 6.20 Å². The topological polar surface area (TPSA) is 66.5 Å². The summed E-state index contributed by atoms with van der Waals surface area (Å²) in [6.07, 6.45) is 5.64. The smallest absolute Gasteiger partial charge is 0.202 e. The summed E-state index contributed by atoms with van der Waals surface area (Å²) < 4.78 is 4.25. The van der Waals surface area contributed by atoms with Gasteiger partial charge in [0.2, 0.25) is 5.13 Å². The third kappa shape index (κ3) is 2.58. The van der Waals surface area contributed by atoms with Gasteiger partial charge in [0.25, 0.3) is 0 Å². The number of pyridine rings is 1. The molecule has 0 atom stereocenters. The van der Waals surface area contributed by atoms with Gasteiger partial charge < -0.3 is 10.3 Å². The van der Waals surface area contributed by atoms with Crippen molar-refractivity contribution < 1.29 is 0 Å². The van der Waals surface area contributed by atoms with Crippen molar-refractivity contribution in [2.24, 2.45) is 0 Å². The SMILES string of the molecule is CCc1nsc(NCCc2c[nH]c3ncccc23)n1. The van der Waals surface area contributed by atoms with Crippen LogP contribution in [0.4, 0.5) is 5.13 Å². The number of aryl methyl sites for hydroxylation is 1. The van der Waals surface area contributed by atoms with Crippen LogP contribution in [0.1, 0.15) is 18.3 Å². The fourth-order valence-electron chi connectivity index (χ4n) is 1.99. The average molecular weight is 273 g/mol. The second-order valence-electron chi connectivity index (χ2n) is 4.26. The zero-order valence-corrected chi connectivity index (χ0v) is 11.5. The molecule has 0 aliphatic heterocycles. The number of fused-ring (bicyclic) bond motifs is 1. The number of H-pyrrole nitrogens is 1. The van der Waals surface area contributed by atoms with Crippen LogP contribution < -0.4 is 5.32 Å². The molecule has 0 saturated carbocycles. The lowest BCUT2D eigenvalue weighted by Gasteiger charge is -2.01. The van der Waals surface area contributed by atoms with Crippen LogP contribution in [0.25, 0.3) is 11.0 Å². The van der Waals surface area contributed by atoms with Crippen LogP contribution in [0.2, 0.25) is 0 Å². The Morgan fingerprint density at radius 3 is 3.21 bits per heavy atom. The average Bonchev–Trinajstić information content (AvgIpc) is 3.06. The fourth-order valence-corrected chi connectivity index (χ4v) is 2.67. The van der Waals surface area contributed by atoms with Crippen LogP contribution >= 0.6 is 11.5 Å². The number of aromatic nitrogens is 4. The molecule has 19 heavy (non-hydrogen) atoms. The fraction of sp³-hybridized carbons (Fsp3) is 0.308. The molecular formula is C13H15N5S. The summed E-state index contributed by atoms with van der Waals surface area (Å²) in [4.78, 5) is 11.9. The van der Waals surface area contributed by atoms with Gasteiger partial charge in [0.15, 0.2) is 0 Å². The van der Waals surface area contributed by atoms with E-state index in [9.17, 15) is 0 Å². The highest BCUT2D eigenvalue weighted by Gasteiger charge is 2.05. The first-order chi connectivity index (χ1) is 9.36. The molecule has 0 aliphatic carbocycles. The van der Waals surface area contributed by atoms with E-state index < -0.39 is 0 Å². The van der Waals surface area contributed by atoms with Gasteiger partial charge in [-0.25, -0.2) is 9.97 Å². The van der Waals surface area contributed by atoms with Crippen molar-refractivity contribution in [3.63, 3.8) is 0 Å². The maximum Gasteiger partial charge on any atom is 0.202 e. The van der Waals surface area contributed by atoms with E-state index in [-0.39, 0.29) is 0 Å². The Bertz CT molecular complexity index is 672. The minimum absolute atomic E-state index is 0.847. The number of nitrogens with zero attached hydrogens (tertiary/aromatic N) is 3. The van der Waals surface area contributed by atoms with Gasteiger partial charge in [0.05, 0.1) is 0 Å². The monoisotopic (exact) mass is 273 g/mol. The molecule has 5 nitrogen and oxygen atoms in total. The molecule has 0 aliphatic rings. The van der Waals surface area contributed by atoms with Crippen LogP contribution in [0.3, 0.4) is 0 Å². The maximum absolute atomic E-state index is 4.39. The molecule has 0 fully saturated rings. The largest absolute Gasteiger partial charge is 0.360 e. The zero-order valence-electron chi connectivity index (χ0n) is 10.7. The van der Waals surface area contributed by atoms with E-state index in [1.165, 1.54) is 22.5 Å². The van der Waals surface area contributed by atoms with Crippen molar-refractivity contribution in [1.82, 2.24) is 19.3 Å². The second kappa shape index (κ2) is 5.36. The van der Waals surface area contributed by atoms with Gasteiger partial charge in [-0.1, -0.05) is 6.92 Å². The van der Waals surface area contributed by atoms with Gasteiger partial charge in [-0.05, 0) is 24.1 Å². The Morgan fingerprint density at radius 2 is 2.37 bits per heavy atom. The predicted octanol–water partition coefficient (Wildman–Crippen LogP) is 2.63. The summed E-state index contributed by atoms with van der Waals surface area (Å²) in [5.41, 5.74) is 2.22. The Labute approximate surface area is 115 Å². The van der Waals surface area contributed by atoms with Crippen molar-refractivity contribution in [3.8, 4) is 0 Å². The standard InChI is InChI=1S/C13H15N5S/c1-2-11-17-13(19-18-11)15-7-5-9-8-16-12-10(9)4-3-6-14-12/h3-4,6,8H,2,5,7H2,1H3,(H,14,16)(H,15,17,18). The first kappa shape index (κ1) is 12.1. The van der Waals surface area contributed by atoms with Crippen LogP contribution in [-0.4, -0.2) is 25.9 Å². The first-order valence-corrected chi connectivity index (χ1v) is 7.11. The molecule has 0 radical (unpaired) electrons. The molecular weight excluding hydrogens is 258 g/mol.